The summed E-state index contributed by atoms with van der Waals surface area (Å²) in [5.41, 5.74) is 0. The van der Waals surface area contributed by atoms with E-state index in [1.54, 1.807) is 0 Å². The summed E-state index contributed by atoms with van der Waals surface area (Å²) in [5, 5.41) is 0. The molecule has 0 bridgehead atoms. The van der Waals surface area contributed by atoms with Gasteiger partial charge in [0.05, 0.1) is 7.85 Å². The molecule has 0 spiro atoms. The van der Waals surface area contributed by atoms with Crippen LogP contribution >= 0.6 is 0 Å². The second kappa shape index (κ2) is 7.36. The zero-order chi connectivity index (χ0) is 11.1. The first-order valence-electron chi connectivity index (χ1n) is 6.95. The molecule has 15 heavy (non-hydrogen) atoms. The van der Waals surface area contributed by atoms with Gasteiger partial charge in [0.2, 0.25) is 0 Å². The molecular formula is C14H27B. The predicted molar refractivity (Wildman–Crippen MR) is 69.3 cm³/mol. The van der Waals surface area contributed by atoms with Crippen LogP contribution in [-0.2, 0) is 0 Å². The van der Waals surface area contributed by atoms with E-state index in [0.29, 0.717) is 0 Å². The minimum Gasteiger partial charge on any atom is -0.0884 e. The molecule has 0 N–H and O–H groups in total. The summed E-state index contributed by atoms with van der Waals surface area (Å²) >= 11 is 0. The first-order valence-corrected chi connectivity index (χ1v) is 6.95. The Kier molecular flexibility index (Phi) is 6.44. The number of rotatable bonds is 3. The van der Waals surface area contributed by atoms with Crippen LogP contribution in [-0.4, -0.2) is 7.85 Å². The van der Waals surface area contributed by atoms with E-state index in [2.05, 4.69) is 13.8 Å². The molecule has 1 rings (SSSR count). The summed E-state index contributed by atoms with van der Waals surface area (Å²) in [4.78, 5) is 0. The third-order valence-electron chi connectivity index (χ3n) is 4.11. The lowest BCUT2D eigenvalue weighted by molar-refractivity contribution is 0.216. The summed E-state index contributed by atoms with van der Waals surface area (Å²) in [6, 6.07) is 0. The van der Waals surface area contributed by atoms with E-state index in [9.17, 15) is 0 Å². The number of hydrogen-bond donors (Lipinski definition) is 0. The third-order valence-corrected chi connectivity index (χ3v) is 4.11. The van der Waals surface area contributed by atoms with Gasteiger partial charge in [-0.25, -0.2) is 0 Å². The second-order valence-corrected chi connectivity index (χ2v) is 5.59. The summed E-state index contributed by atoms with van der Waals surface area (Å²) in [5.74, 6) is 2.69. The van der Waals surface area contributed by atoms with Gasteiger partial charge in [-0.15, -0.1) is 0 Å². The van der Waals surface area contributed by atoms with Crippen molar-refractivity contribution >= 4 is 7.85 Å². The molecule has 1 aliphatic carbocycles. The van der Waals surface area contributed by atoms with Crippen LogP contribution in [0.15, 0.2) is 0 Å². The van der Waals surface area contributed by atoms with Gasteiger partial charge in [0.25, 0.3) is 0 Å². The van der Waals surface area contributed by atoms with Crippen molar-refractivity contribution in [2.24, 2.45) is 17.8 Å². The Morgan fingerprint density at radius 1 is 1.00 bits per heavy atom. The van der Waals surface area contributed by atoms with E-state index in [1.165, 1.54) is 51.4 Å². The molecule has 1 fully saturated rings. The van der Waals surface area contributed by atoms with Crippen molar-refractivity contribution in [3.63, 3.8) is 0 Å². The zero-order valence-electron chi connectivity index (χ0n) is 10.7. The minimum atomic E-state index is 0.847. The zero-order valence-corrected chi connectivity index (χ0v) is 10.7. The SMILES string of the molecule is [B]CCC1CCCCCCCC1C(C)C. The third kappa shape index (κ3) is 4.61. The molecule has 1 saturated carbocycles. The Hall–Kier alpha value is 0.0649. The Morgan fingerprint density at radius 2 is 1.60 bits per heavy atom. The maximum absolute atomic E-state index is 5.75. The average molecular weight is 206 g/mol. The largest absolute Gasteiger partial charge is 0.0884 e. The van der Waals surface area contributed by atoms with Crippen LogP contribution < -0.4 is 0 Å². The molecule has 0 aromatic rings. The molecular weight excluding hydrogens is 179 g/mol. The number of hydrogen-bond acceptors (Lipinski definition) is 0. The molecule has 2 radical (unpaired) electrons. The lowest BCUT2D eigenvalue weighted by Crippen LogP contribution is -2.20. The highest BCUT2D eigenvalue weighted by Crippen LogP contribution is 2.34. The summed E-state index contributed by atoms with van der Waals surface area (Å²) in [7, 11) is 5.75. The van der Waals surface area contributed by atoms with Gasteiger partial charge >= 0.3 is 0 Å². The molecule has 86 valence electrons. The molecule has 0 aromatic carbocycles. The van der Waals surface area contributed by atoms with Crippen LogP contribution in [0.1, 0.15) is 65.2 Å². The molecule has 0 aromatic heterocycles. The van der Waals surface area contributed by atoms with Gasteiger partial charge < -0.3 is 0 Å². The van der Waals surface area contributed by atoms with Crippen molar-refractivity contribution < 1.29 is 0 Å². The van der Waals surface area contributed by atoms with E-state index in [-0.39, 0.29) is 0 Å². The van der Waals surface area contributed by atoms with E-state index >= 15 is 0 Å². The fourth-order valence-electron chi connectivity index (χ4n) is 3.22. The standard InChI is InChI=1S/C14H27B/c1-12(2)14-9-7-5-3-4-6-8-13(14)10-11-15/h12-14H,3-11H2,1-2H3. The Labute approximate surface area is 97.6 Å². The summed E-state index contributed by atoms with van der Waals surface area (Å²) in [6.07, 6.45) is 12.3. The lowest BCUT2D eigenvalue weighted by Gasteiger charge is -2.30. The normalized spacial score (nSPS) is 29.5. The van der Waals surface area contributed by atoms with Gasteiger partial charge in [0.15, 0.2) is 0 Å². The van der Waals surface area contributed by atoms with Crippen LogP contribution in [0.2, 0.25) is 6.32 Å². The Bertz CT molecular complexity index is 153. The minimum absolute atomic E-state index is 0.847. The van der Waals surface area contributed by atoms with Crippen molar-refractivity contribution in [1.82, 2.24) is 0 Å². The van der Waals surface area contributed by atoms with Crippen molar-refractivity contribution in [1.29, 1.82) is 0 Å². The highest BCUT2D eigenvalue weighted by Gasteiger charge is 2.23. The molecule has 1 heteroatoms. The first-order chi connectivity index (χ1) is 7.25. The lowest BCUT2D eigenvalue weighted by atomic mass is 9.74. The highest BCUT2D eigenvalue weighted by molar-refractivity contribution is 6.08. The second-order valence-electron chi connectivity index (χ2n) is 5.59. The van der Waals surface area contributed by atoms with Crippen molar-refractivity contribution in [2.45, 2.75) is 71.5 Å². The monoisotopic (exact) mass is 206 g/mol. The molecule has 0 heterocycles. The van der Waals surface area contributed by atoms with Crippen LogP contribution in [0.25, 0.3) is 0 Å². The molecule has 2 unspecified atom stereocenters. The van der Waals surface area contributed by atoms with E-state index in [4.69, 9.17) is 7.85 Å². The van der Waals surface area contributed by atoms with Gasteiger partial charge in [-0.05, 0) is 24.2 Å². The van der Waals surface area contributed by atoms with Gasteiger partial charge in [-0.1, -0.05) is 65.1 Å². The van der Waals surface area contributed by atoms with Gasteiger partial charge in [-0.3, -0.25) is 0 Å². The fourth-order valence-corrected chi connectivity index (χ4v) is 3.22. The van der Waals surface area contributed by atoms with E-state index in [1.807, 2.05) is 0 Å². The van der Waals surface area contributed by atoms with Crippen molar-refractivity contribution in [3.8, 4) is 0 Å². The van der Waals surface area contributed by atoms with Crippen LogP contribution in [0.4, 0.5) is 0 Å². The maximum Gasteiger partial charge on any atom is 0.0653 e. The highest BCUT2D eigenvalue weighted by atomic mass is 14.3. The summed E-state index contributed by atoms with van der Waals surface area (Å²) in [6.45, 7) is 4.79. The van der Waals surface area contributed by atoms with Gasteiger partial charge in [0, 0.05) is 0 Å². The topological polar surface area (TPSA) is 0 Å². The maximum atomic E-state index is 5.75. The smallest absolute Gasteiger partial charge is 0.0653 e. The molecule has 0 amide bonds. The van der Waals surface area contributed by atoms with Gasteiger partial charge in [0.1, 0.15) is 0 Å². The summed E-state index contributed by atoms with van der Waals surface area (Å²) < 4.78 is 0. The van der Waals surface area contributed by atoms with Gasteiger partial charge in [-0.2, -0.15) is 0 Å². The van der Waals surface area contributed by atoms with E-state index < -0.39 is 0 Å². The fraction of sp³-hybridized carbons (Fsp3) is 1.00. The van der Waals surface area contributed by atoms with Crippen molar-refractivity contribution in [3.05, 3.63) is 0 Å². The first kappa shape index (κ1) is 13.1. The predicted octanol–water partition coefficient (Wildman–Crippen LogP) is 4.60. The van der Waals surface area contributed by atoms with Crippen LogP contribution in [0.5, 0.6) is 0 Å². The quantitative estimate of drug-likeness (QED) is 0.592. The molecule has 0 aliphatic heterocycles. The van der Waals surface area contributed by atoms with Crippen LogP contribution in [0, 0.1) is 17.8 Å². The molecule has 1 aliphatic rings. The average Bonchev–Trinajstić information content (AvgIpc) is 2.30. The molecule has 0 nitrogen and oxygen atoms in total. The van der Waals surface area contributed by atoms with Crippen LogP contribution in [0.3, 0.4) is 0 Å². The molecule has 0 saturated heterocycles. The Balaban J connectivity index is 2.54. The van der Waals surface area contributed by atoms with Crippen molar-refractivity contribution in [2.75, 3.05) is 0 Å². The molecule has 2 atom stereocenters. The van der Waals surface area contributed by atoms with E-state index in [0.717, 1.165) is 24.1 Å². The Morgan fingerprint density at radius 3 is 2.20 bits per heavy atom.